The first-order valence-corrected chi connectivity index (χ1v) is 3.94. The van der Waals surface area contributed by atoms with Gasteiger partial charge in [-0.2, -0.15) is 0 Å². The SMILES string of the molecule is [CH2]CCC(=CCCC)C(=O)O. The number of hydrogen-bond donors (Lipinski definition) is 1. The van der Waals surface area contributed by atoms with Crippen LogP contribution in [0, 0.1) is 6.92 Å². The van der Waals surface area contributed by atoms with Crippen LogP contribution >= 0.6 is 0 Å². The van der Waals surface area contributed by atoms with Crippen molar-refractivity contribution < 1.29 is 9.90 Å². The molecule has 0 heterocycles. The summed E-state index contributed by atoms with van der Waals surface area (Å²) in [5, 5.41) is 8.63. The zero-order chi connectivity index (χ0) is 8.69. The number of aliphatic carboxylic acids is 1. The first kappa shape index (κ1) is 10.2. The molecule has 0 fully saturated rings. The molecule has 0 rings (SSSR count). The number of hydrogen-bond acceptors (Lipinski definition) is 1. The van der Waals surface area contributed by atoms with Gasteiger partial charge in [0.05, 0.1) is 0 Å². The summed E-state index contributed by atoms with van der Waals surface area (Å²) < 4.78 is 0. The van der Waals surface area contributed by atoms with E-state index in [2.05, 4.69) is 6.92 Å². The summed E-state index contributed by atoms with van der Waals surface area (Å²) in [4.78, 5) is 10.5. The summed E-state index contributed by atoms with van der Waals surface area (Å²) in [6, 6.07) is 0. The number of rotatable bonds is 5. The minimum Gasteiger partial charge on any atom is -0.478 e. The van der Waals surface area contributed by atoms with Gasteiger partial charge in [0.2, 0.25) is 0 Å². The first-order valence-electron chi connectivity index (χ1n) is 3.94. The van der Waals surface area contributed by atoms with E-state index in [1.807, 2.05) is 6.92 Å². The molecule has 0 aromatic heterocycles. The second kappa shape index (κ2) is 5.96. The standard InChI is InChI=1S/C9H15O2/c1-3-5-7-8(6-4-2)9(10)11/h7H,2-6H2,1H3,(H,10,11). The van der Waals surface area contributed by atoms with Crippen LogP contribution in [-0.2, 0) is 4.79 Å². The average molecular weight is 155 g/mol. The molecule has 0 aliphatic heterocycles. The van der Waals surface area contributed by atoms with E-state index >= 15 is 0 Å². The summed E-state index contributed by atoms with van der Waals surface area (Å²) in [6.07, 6.45) is 4.86. The lowest BCUT2D eigenvalue weighted by atomic mass is 10.1. The van der Waals surface area contributed by atoms with Gasteiger partial charge in [-0.05, 0) is 19.3 Å². The summed E-state index contributed by atoms with van der Waals surface area (Å²) in [7, 11) is 0. The lowest BCUT2D eigenvalue weighted by molar-refractivity contribution is -0.132. The smallest absolute Gasteiger partial charge is 0.331 e. The van der Waals surface area contributed by atoms with Crippen molar-refractivity contribution in [3.8, 4) is 0 Å². The topological polar surface area (TPSA) is 37.3 Å². The molecular formula is C9H15O2. The van der Waals surface area contributed by atoms with Gasteiger partial charge in [-0.15, -0.1) is 0 Å². The van der Waals surface area contributed by atoms with Gasteiger partial charge >= 0.3 is 5.97 Å². The number of unbranched alkanes of at least 4 members (excludes halogenated alkanes) is 1. The van der Waals surface area contributed by atoms with Crippen molar-refractivity contribution >= 4 is 5.97 Å². The van der Waals surface area contributed by atoms with Crippen LogP contribution in [0.4, 0.5) is 0 Å². The predicted molar refractivity (Wildman–Crippen MR) is 45.2 cm³/mol. The van der Waals surface area contributed by atoms with Gasteiger partial charge in [0.25, 0.3) is 0 Å². The highest BCUT2D eigenvalue weighted by Gasteiger charge is 2.03. The van der Waals surface area contributed by atoms with Crippen molar-refractivity contribution in [2.75, 3.05) is 0 Å². The Labute approximate surface area is 67.9 Å². The summed E-state index contributed by atoms with van der Waals surface area (Å²) in [5.74, 6) is -0.804. The maximum atomic E-state index is 10.5. The minimum absolute atomic E-state index is 0.502. The quantitative estimate of drug-likeness (QED) is 0.619. The minimum atomic E-state index is -0.804. The van der Waals surface area contributed by atoms with Gasteiger partial charge in [0, 0.05) is 5.57 Å². The van der Waals surface area contributed by atoms with Crippen molar-refractivity contribution in [2.24, 2.45) is 0 Å². The largest absolute Gasteiger partial charge is 0.478 e. The lowest BCUT2D eigenvalue weighted by Crippen LogP contribution is -1.99. The van der Waals surface area contributed by atoms with Crippen LogP contribution in [0.3, 0.4) is 0 Å². The van der Waals surface area contributed by atoms with Crippen molar-refractivity contribution in [2.45, 2.75) is 32.6 Å². The molecule has 0 aliphatic carbocycles. The molecule has 63 valence electrons. The van der Waals surface area contributed by atoms with Gasteiger partial charge in [-0.3, -0.25) is 0 Å². The summed E-state index contributed by atoms with van der Waals surface area (Å²) in [5.41, 5.74) is 0.502. The molecule has 0 spiro atoms. The molecule has 0 amide bonds. The molecule has 11 heavy (non-hydrogen) atoms. The molecule has 1 radical (unpaired) electrons. The fourth-order valence-electron chi connectivity index (χ4n) is 0.805. The summed E-state index contributed by atoms with van der Waals surface area (Å²) in [6.45, 7) is 5.64. The van der Waals surface area contributed by atoms with Gasteiger partial charge in [0.15, 0.2) is 0 Å². The molecule has 0 aliphatic rings. The second-order valence-electron chi connectivity index (χ2n) is 2.43. The van der Waals surface area contributed by atoms with Gasteiger partial charge < -0.3 is 5.11 Å². The molecule has 0 aromatic carbocycles. The highest BCUT2D eigenvalue weighted by molar-refractivity contribution is 5.86. The third-order valence-electron chi connectivity index (χ3n) is 1.40. The fourth-order valence-corrected chi connectivity index (χ4v) is 0.805. The van der Waals surface area contributed by atoms with E-state index in [0.717, 1.165) is 12.8 Å². The Morgan fingerprint density at radius 1 is 1.64 bits per heavy atom. The third kappa shape index (κ3) is 4.59. The lowest BCUT2D eigenvalue weighted by Gasteiger charge is -1.97. The van der Waals surface area contributed by atoms with E-state index in [-0.39, 0.29) is 0 Å². The molecule has 2 nitrogen and oxygen atoms in total. The fraction of sp³-hybridized carbons (Fsp3) is 0.556. The van der Waals surface area contributed by atoms with E-state index in [0.29, 0.717) is 18.4 Å². The van der Waals surface area contributed by atoms with Crippen molar-refractivity contribution in [3.63, 3.8) is 0 Å². The molecule has 0 aromatic rings. The molecule has 0 saturated heterocycles. The maximum absolute atomic E-state index is 10.5. The zero-order valence-electron chi connectivity index (χ0n) is 6.97. The second-order valence-corrected chi connectivity index (χ2v) is 2.43. The molecule has 0 bridgehead atoms. The first-order chi connectivity index (χ1) is 5.22. The molecule has 0 atom stereocenters. The molecule has 1 N–H and O–H groups in total. The van der Waals surface area contributed by atoms with Crippen LogP contribution in [0.1, 0.15) is 32.6 Å². The number of carboxylic acid groups (broad SMARTS) is 1. The van der Waals surface area contributed by atoms with Crippen LogP contribution in [0.5, 0.6) is 0 Å². The van der Waals surface area contributed by atoms with E-state index in [9.17, 15) is 4.79 Å². The Bertz CT molecular complexity index is 148. The Balaban J connectivity index is 3.97. The zero-order valence-corrected chi connectivity index (χ0v) is 6.97. The van der Waals surface area contributed by atoms with Crippen LogP contribution < -0.4 is 0 Å². The predicted octanol–water partition coefficient (Wildman–Crippen LogP) is 2.41. The number of carbonyl (C=O) groups is 1. The van der Waals surface area contributed by atoms with Crippen LogP contribution in [0.2, 0.25) is 0 Å². The van der Waals surface area contributed by atoms with Crippen LogP contribution in [0.15, 0.2) is 11.6 Å². The van der Waals surface area contributed by atoms with Crippen molar-refractivity contribution in [3.05, 3.63) is 18.6 Å². The molecule has 0 saturated carbocycles. The normalized spacial score (nSPS) is 11.6. The van der Waals surface area contributed by atoms with E-state index < -0.39 is 5.97 Å². The van der Waals surface area contributed by atoms with Crippen LogP contribution in [-0.4, -0.2) is 11.1 Å². The third-order valence-corrected chi connectivity index (χ3v) is 1.40. The Hall–Kier alpha value is -0.790. The summed E-state index contributed by atoms with van der Waals surface area (Å²) >= 11 is 0. The highest BCUT2D eigenvalue weighted by atomic mass is 16.4. The van der Waals surface area contributed by atoms with Crippen molar-refractivity contribution in [1.82, 2.24) is 0 Å². The Morgan fingerprint density at radius 2 is 2.27 bits per heavy atom. The average Bonchev–Trinajstić information content (AvgIpc) is 1.97. The molecule has 0 unspecified atom stereocenters. The Morgan fingerprint density at radius 3 is 2.64 bits per heavy atom. The number of carboxylic acids is 1. The van der Waals surface area contributed by atoms with Gasteiger partial charge in [-0.25, -0.2) is 4.79 Å². The Kier molecular flexibility index (Phi) is 5.53. The molecule has 2 heteroatoms. The van der Waals surface area contributed by atoms with E-state index in [1.165, 1.54) is 0 Å². The van der Waals surface area contributed by atoms with Crippen LogP contribution in [0.25, 0.3) is 0 Å². The molecular weight excluding hydrogens is 140 g/mol. The van der Waals surface area contributed by atoms with Crippen molar-refractivity contribution in [1.29, 1.82) is 0 Å². The highest BCUT2D eigenvalue weighted by Crippen LogP contribution is 2.06. The maximum Gasteiger partial charge on any atom is 0.331 e. The van der Waals surface area contributed by atoms with E-state index in [1.54, 1.807) is 6.08 Å². The van der Waals surface area contributed by atoms with Gasteiger partial charge in [0.1, 0.15) is 0 Å². The van der Waals surface area contributed by atoms with Gasteiger partial charge in [-0.1, -0.05) is 26.3 Å². The van der Waals surface area contributed by atoms with E-state index in [4.69, 9.17) is 5.11 Å². The number of allylic oxidation sites excluding steroid dienone is 1. The monoisotopic (exact) mass is 155 g/mol.